The van der Waals surface area contributed by atoms with E-state index in [4.69, 9.17) is 5.11 Å². The molecule has 0 bridgehead atoms. The lowest BCUT2D eigenvalue weighted by Gasteiger charge is -2.39. The third kappa shape index (κ3) is 5.18. The summed E-state index contributed by atoms with van der Waals surface area (Å²) in [6, 6.07) is 0.755. The first-order chi connectivity index (χ1) is 11.5. The number of aliphatic carboxylic acids is 1. The van der Waals surface area contributed by atoms with Gasteiger partial charge in [0.1, 0.15) is 0 Å². The lowest BCUT2D eigenvalue weighted by Crippen LogP contribution is -2.51. The van der Waals surface area contributed by atoms with Crippen molar-refractivity contribution in [2.45, 2.75) is 64.5 Å². The number of likely N-dealkylation sites (N-methyl/N-ethyl adjacent to an activating group) is 1. The van der Waals surface area contributed by atoms with Crippen molar-refractivity contribution in [1.29, 1.82) is 0 Å². The highest BCUT2D eigenvalue weighted by molar-refractivity contribution is 5.78. The quantitative estimate of drug-likeness (QED) is 0.764. The second kappa shape index (κ2) is 9.37. The van der Waals surface area contributed by atoms with Crippen LogP contribution in [0.25, 0.3) is 0 Å². The molecular weight excluding hydrogens is 306 g/mol. The zero-order valence-electron chi connectivity index (χ0n) is 15.2. The molecule has 0 aliphatic carbocycles. The van der Waals surface area contributed by atoms with Crippen LogP contribution in [0.4, 0.5) is 0 Å². The Morgan fingerprint density at radius 2 is 1.79 bits per heavy atom. The van der Waals surface area contributed by atoms with E-state index in [1.54, 1.807) is 0 Å². The molecule has 0 spiro atoms. The lowest BCUT2D eigenvalue weighted by molar-refractivity contribution is -0.139. The first-order valence-corrected chi connectivity index (χ1v) is 9.52. The van der Waals surface area contributed by atoms with E-state index in [2.05, 4.69) is 16.7 Å². The van der Waals surface area contributed by atoms with E-state index in [9.17, 15) is 9.59 Å². The summed E-state index contributed by atoms with van der Waals surface area (Å²) in [6.07, 6.45) is 6.46. The number of nitrogens with zero attached hydrogens (tertiary/aromatic N) is 3. The van der Waals surface area contributed by atoms with Crippen molar-refractivity contribution < 1.29 is 14.7 Å². The number of hydrogen-bond donors (Lipinski definition) is 1. The summed E-state index contributed by atoms with van der Waals surface area (Å²) in [6.45, 7) is 8.27. The lowest BCUT2D eigenvalue weighted by atomic mass is 9.99. The molecule has 2 rings (SSSR count). The minimum atomic E-state index is -0.759. The molecule has 2 heterocycles. The predicted molar refractivity (Wildman–Crippen MR) is 94.0 cm³/mol. The Morgan fingerprint density at radius 3 is 2.38 bits per heavy atom. The van der Waals surface area contributed by atoms with E-state index >= 15 is 0 Å². The number of amides is 1. The SMILES string of the molecule is CCC1CCCCN1C(=O)CN1CCC(N(CC)CC(=O)O)CC1. The molecule has 24 heavy (non-hydrogen) atoms. The number of rotatable bonds is 7. The highest BCUT2D eigenvalue weighted by Gasteiger charge is 2.29. The third-order valence-electron chi connectivity index (χ3n) is 5.60. The maximum Gasteiger partial charge on any atom is 0.317 e. The Labute approximate surface area is 145 Å². The summed E-state index contributed by atoms with van der Waals surface area (Å²) >= 11 is 0. The molecule has 6 nitrogen and oxygen atoms in total. The van der Waals surface area contributed by atoms with Gasteiger partial charge in [-0.2, -0.15) is 0 Å². The van der Waals surface area contributed by atoms with Crippen molar-refractivity contribution in [3.63, 3.8) is 0 Å². The van der Waals surface area contributed by atoms with Gasteiger partial charge in [0, 0.05) is 31.7 Å². The average molecular weight is 339 g/mol. The minimum absolute atomic E-state index is 0.117. The number of carbonyl (C=O) groups is 2. The van der Waals surface area contributed by atoms with Crippen LogP contribution in [-0.4, -0.2) is 83.0 Å². The van der Waals surface area contributed by atoms with Gasteiger partial charge < -0.3 is 10.0 Å². The van der Waals surface area contributed by atoms with E-state index in [0.29, 0.717) is 18.6 Å². The van der Waals surface area contributed by atoms with E-state index in [0.717, 1.165) is 58.3 Å². The van der Waals surface area contributed by atoms with Crippen LogP contribution in [0.5, 0.6) is 0 Å². The van der Waals surface area contributed by atoms with Crippen LogP contribution in [0.2, 0.25) is 0 Å². The number of carboxylic acids is 1. The number of piperidine rings is 2. The van der Waals surface area contributed by atoms with E-state index in [-0.39, 0.29) is 12.5 Å². The summed E-state index contributed by atoms with van der Waals surface area (Å²) in [7, 11) is 0. The number of likely N-dealkylation sites (tertiary alicyclic amines) is 2. The molecule has 6 heteroatoms. The van der Waals surface area contributed by atoms with Crippen LogP contribution >= 0.6 is 0 Å². The molecule has 2 aliphatic rings. The molecule has 2 saturated heterocycles. The van der Waals surface area contributed by atoms with Gasteiger partial charge in [-0.3, -0.25) is 19.4 Å². The number of carboxylic acid groups (broad SMARTS) is 1. The minimum Gasteiger partial charge on any atom is -0.480 e. The molecule has 0 aromatic carbocycles. The summed E-state index contributed by atoms with van der Waals surface area (Å²) in [5, 5.41) is 9.01. The molecule has 0 radical (unpaired) electrons. The maximum absolute atomic E-state index is 12.6. The van der Waals surface area contributed by atoms with Crippen molar-refractivity contribution in [3.05, 3.63) is 0 Å². The van der Waals surface area contributed by atoms with Crippen molar-refractivity contribution >= 4 is 11.9 Å². The van der Waals surface area contributed by atoms with Gasteiger partial charge in [-0.05, 0) is 45.1 Å². The van der Waals surface area contributed by atoms with Crippen LogP contribution in [0, 0.1) is 0 Å². The van der Waals surface area contributed by atoms with Gasteiger partial charge >= 0.3 is 5.97 Å². The zero-order chi connectivity index (χ0) is 17.5. The Balaban J connectivity index is 1.79. The summed E-state index contributed by atoms with van der Waals surface area (Å²) in [5.41, 5.74) is 0. The van der Waals surface area contributed by atoms with Crippen LogP contribution in [0.1, 0.15) is 52.4 Å². The molecule has 2 aliphatic heterocycles. The largest absolute Gasteiger partial charge is 0.480 e. The van der Waals surface area contributed by atoms with E-state index < -0.39 is 5.97 Å². The van der Waals surface area contributed by atoms with Gasteiger partial charge in [-0.1, -0.05) is 13.8 Å². The monoisotopic (exact) mass is 339 g/mol. The predicted octanol–water partition coefficient (Wildman–Crippen LogP) is 1.65. The molecular formula is C18H33N3O3. The van der Waals surface area contributed by atoms with E-state index in [1.807, 2.05) is 11.8 Å². The summed E-state index contributed by atoms with van der Waals surface area (Å²) in [4.78, 5) is 30.0. The molecule has 0 aromatic heterocycles. The second-order valence-electron chi connectivity index (χ2n) is 7.11. The van der Waals surface area contributed by atoms with Crippen LogP contribution in [-0.2, 0) is 9.59 Å². The molecule has 0 saturated carbocycles. The standard InChI is InChI=1S/C18H33N3O3/c1-3-15-7-5-6-10-21(15)17(22)13-19-11-8-16(9-12-19)20(4-2)14-18(23)24/h15-16H,3-14H2,1-2H3,(H,23,24). The van der Waals surface area contributed by atoms with Crippen LogP contribution in [0.3, 0.4) is 0 Å². The Morgan fingerprint density at radius 1 is 1.08 bits per heavy atom. The van der Waals surface area contributed by atoms with Gasteiger partial charge in [-0.25, -0.2) is 0 Å². The third-order valence-corrected chi connectivity index (χ3v) is 5.60. The first kappa shape index (κ1) is 19.2. The molecule has 1 atom stereocenters. The summed E-state index contributed by atoms with van der Waals surface area (Å²) < 4.78 is 0. The van der Waals surface area contributed by atoms with Crippen molar-refractivity contribution in [2.75, 3.05) is 39.3 Å². The van der Waals surface area contributed by atoms with Gasteiger partial charge in [-0.15, -0.1) is 0 Å². The highest BCUT2D eigenvalue weighted by Crippen LogP contribution is 2.21. The average Bonchev–Trinajstić information content (AvgIpc) is 2.60. The fraction of sp³-hybridized carbons (Fsp3) is 0.889. The topological polar surface area (TPSA) is 64.1 Å². The van der Waals surface area contributed by atoms with Gasteiger partial charge in [0.2, 0.25) is 5.91 Å². The van der Waals surface area contributed by atoms with Gasteiger partial charge in [0.15, 0.2) is 0 Å². The Bertz CT molecular complexity index is 422. The molecule has 138 valence electrons. The fourth-order valence-corrected chi connectivity index (χ4v) is 4.15. The van der Waals surface area contributed by atoms with Gasteiger partial charge in [0.25, 0.3) is 0 Å². The first-order valence-electron chi connectivity index (χ1n) is 9.52. The second-order valence-corrected chi connectivity index (χ2v) is 7.11. The number of carbonyl (C=O) groups excluding carboxylic acids is 1. The normalized spacial score (nSPS) is 23.6. The van der Waals surface area contributed by atoms with Crippen LogP contribution in [0.15, 0.2) is 0 Å². The van der Waals surface area contributed by atoms with Gasteiger partial charge in [0.05, 0.1) is 13.1 Å². The molecule has 2 fully saturated rings. The Hall–Kier alpha value is -1.14. The summed E-state index contributed by atoms with van der Waals surface area (Å²) in [5.74, 6) is -0.483. The van der Waals surface area contributed by atoms with Crippen molar-refractivity contribution in [3.8, 4) is 0 Å². The van der Waals surface area contributed by atoms with E-state index in [1.165, 1.54) is 6.42 Å². The van der Waals surface area contributed by atoms with Crippen molar-refractivity contribution in [1.82, 2.24) is 14.7 Å². The zero-order valence-corrected chi connectivity index (χ0v) is 15.2. The highest BCUT2D eigenvalue weighted by atomic mass is 16.4. The Kier molecular flexibility index (Phi) is 7.49. The molecule has 1 unspecified atom stereocenters. The maximum atomic E-state index is 12.6. The smallest absolute Gasteiger partial charge is 0.317 e. The van der Waals surface area contributed by atoms with Crippen molar-refractivity contribution in [2.24, 2.45) is 0 Å². The number of hydrogen-bond acceptors (Lipinski definition) is 4. The molecule has 0 aromatic rings. The molecule has 1 amide bonds. The van der Waals surface area contributed by atoms with Crippen LogP contribution < -0.4 is 0 Å². The fourth-order valence-electron chi connectivity index (χ4n) is 4.15. The molecule has 1 N–H and O–H groups in total.